The van der Waals surface area contributed by atoms with Gasteiger partial charge in [0, 0.05) is 54.8 Å². The van der Waals surface area contributed by atoms with Gasteiger partial charge in [0.2, 0.25) is 5.91 Å². The van der Waals surface area contributed by atoms with E-state index in [-0.39, 0.29) is 69.6 Å². The first-order valence-corrected chi connectivity index (χ1v) is 15.0. The van der Waals surface area contributed by atoms with Crippen molar-refractivity contribution >= 4 is 56.9 Å². The minimum Gasteiger partial charge on any atom is -0.465 e. The molecule has 0 aliphatic carbocycles. The fourth-order valence-corrected chi connectivity index (χ4v) is 6.42. The van der Waals surface area contributed by atoms with E-state index in [1.807, 2.05) is 18.9 Å². The molecule has 2 atom stereocenters. The molecule has 6 rings (SSSR count). The van der Waals surface area contributed by atoms with Crippen molar-refractivity contribution in [2.75, 3.05) is 50.1 Å². The number of halogens is 3. The van der Waals surface area contributed by atoms with Crippen molar-refractivity contribution in [1.29, 1.82) is 0 Å². The van der Waals surface area contributed by atoms with Crippen LogP contribution in [-0.4, -0.2) is 93.8 Å². The lowest BCUT2D eigenvalue weighted by Gasteiger charge is -2.39. The zero-order valence-electron chi connectivity index (χ0n) is 25.0. The van der Waals surface area contributed by atoms with Crippen molar-refractivity contribution in [3.63, 3.8) is 0 Å². The molecule has 2 aliphatic heterocycles. The number of rotatable bonds is 6. The van der Waals surface area contributed by atoms with Crippen LogP contribution in [0.15, 0.2) is 30.3 Å². The van der Waals surface area contributed by atoms with Crippen LogP contribution in [0.4, 0.5) is 25.2 Å². The van der Waals surface area contributed by atoms with Gasteiger partial charge in [-0.2, -0.15) is 9.97 Å². The van der Waals surface area contributed by atoms with E-state index in [4.69, 9.17) is 21.3 Å². The molecule has 0 spiro atoms. The highest BCUT2D eigenvalue weighted by Gasteiger charge is 2.32. The number of pyridine rings is 1. The predicted molar refractivity (Wildman–Crippen MR) is 167 cm³/mol. The summed E-state index contributed by atoms with van der Waals surface area (Å²) in [5.41, 5.74) is -0.182. The van der Waals surface area contributed by atoms with Crippen molar-refractivity contribution in [2.24, 2.45) is 0 Å². The number of ether oxygens (including phenoxy) is 1. The molecule has 2 fully saturated rings. The average molecular weight is 640 g/mol. The maximum absolute atomic E-state index is 16.9. The molecule has 2 aromatic carbocycles. The van der Waals surface area contributed by atoms with Gasteiger partial charge in [-0.05, 0) is 39.4 Å². The van der Waals surface area contributed by atoms with Gasteiger partial charge in [-0.1, -0.05) is 35.9 Å². The summed E-state index contributed by atoms with van der Waals surface area (Å²) in [5.74, 6) is -2.12. The Bertz CT molecular complexity index is 1830. The van der Waals surface area contributed by atoms with Gasteiger partial charge in [0.25, 0.3) is 0 Å². The molecular formula is C31H32ClF2N7O4. The molecule has 2 amide bonds. The number of nitrogens with one attached hydrogen (secondary N) is 1. The van der Waals surface area contributed by atoms with Crippen molar-refractivity contribution < 1.29 is 28.2 Å². The second-order valence-electron chi connectivity index (χ2n) is 11.5. The van der Waals surface area contributed by atoms with Gasteiger partial charge < -0.3 is 29.9 Å². The van der Waals surface area contributed by atoms with Crippen molar-refractivity contribution in [3.8, 4) is 17.3 Å². The van der Waals surface area contributed by atoms with Gasteiger partial charge in [0.05, 0.1) is 16.3 Å². The van der Waals surface area contributed by atoms with Crippen LogP contribution < -0.4 is 15.0 Å². The highest BCUT2D eigenvalue weighted by molar-refractivity contribution is 6.34. The van der Waals surface area contributed by atoms with Crippen LogP contribution in [0.5, 0.6) is 6.01 Å². The first kappa shape index (κ1) is 30.7. The molecule has 0 radical (unpaired) electrons. The summed E-state index contributed by atoms with van der Waals surface area (Å²) in [6.45, 7) is 5.07. The SMILES string of the molecule is CC(=O)Nc1nc(-c2c(Cl)cc3c(N4CCN(C(=O)O)C[C@@H]4C)nc(OC[C@@H]4CCCN4C)nc3c2F)c2ccccc2c1F. The van der Waals surface area contributed by atoms with E-state index >= 15 is 8.78 Å². The van der Waals surface area contributed by atoms with E-state index < -0.39 is 23.6 Å². The Hall–Kier alpha value is -4.36. The number of likely N-dealkylation sites (tertiary alicyclic amines) is 1. The number of carboxylic acid groups (broad SMARTS) is 1. The number of aromatic nitrogens is 3. The summed E-state index contributed by atoms with van der Waals surface area (Å²) in [6.07, 6.45) is 0.962. The van der Waals surface area contributed by atoms with Crippen LogP contribution in [0.1, 0.15) is 26.7 Å². The average Bonchev–Trinajstić information content (AvgIpc) is 3.42. The molecule has 14 heteroatoms. The molecule has 0 saturated carbocycles. The minimum atomic E-state index is -1.02. The van der Waals surface area contributed by atoms with Crippen LogP contribution in [0.25, 0.3) is 32.9 Å². The molecule has 2 aliphatic rings. The lowest BCUT2D eigenvalue weighted by molar-refractivity contribution is -0.114. The van der Waals surface area contributed by atoms with Gasteiger partial charge in [0.15, 0.2) is 17.5 Å². The first-order valence-electron chi connectivity index (χ1n) is 14.7. The number of carbonyl (C=O) groups is 2. The maximum Gasteiger partial charge on any atom is 0.407 e. The number of amides is 2. The lowest BCUT2D eigenvalue weighted by atomic mass is 10.0. The van der Waals surface area contributed by atoms with E-state index in [0.29, 0.717) is 24.4 Å². The largest absolute Gasteiger partial charge is 0.465 e. The third-order valence-corrected chi connectivity index (χ3v) is 8.77. The number of likely N-dealkylation sites (N-methyl/N-ethyl adjacent to an activating group) is 1. The fraction of sp³-hybridized carbons (Fsp3) is 0.387. The van der Waals surface area contributed by atoms with E-state index in [1.54, 1.807) is 18.2 Å². The molecule has 2 aromatic heterocycles. The van der Waals surface area contributed by atoms with Gasteiger partial charge >= 0.3 is 12.1 Å². The van der Waals surface area contributed by atoms with E-state index in [1.165, 1.54) is 24.0 Å². The molecule has 0 bridgehead atoms. The third-order valence-electron chi connectivity index (χ3n) is 8.47. The number of hydrogen-bond acceptors (Lipinski definition) is 8. The number of nitrogens with zero attached hydrogens (tertiary/aromatic N) is 6. The topological polar surface area (TPSA) is 124 Å². The molecule has 0 unspecified atom stereocenters. The Balaban J connectivity index is 1.53. The monoisotopic (exact) mass is 639 g/mol. The summed E-state index contributed by atoms with van der Waals surface area (Å²) in [4.78, 5) is 42.4. The number of carbonyl (C=O) groups excluding carboxylic acids is 1. The molecule has 11 nitrogen and oxygen atoms in total. The molecule has 4 heterocycles. The molecule has 4 aromatic rings. The normalized spacial score (nSPS) is 19.0. The summed E-state index contributed by atoms with van der Waals surface area (Å²) in [5, 5.41) is 12.6. The van der Waals surface area contributed by atoms with Crippen LogP contribution in [-0.2, 0) is 4.79 Å². The Morgan fingerprint density at radius 2 is 1.84 bits per heavy atom. The molecule has 2 N–H and O–H groups in total. The standard InChI is InChI=1S/C31H32ClF2N7O4/c1-16-14-40(31(43)44)11-12-41(16)29-21-13-22(32)23(25(34)27(21)37-30(38-29)45-15-18-7-6-10-39(18)3)26-20-9-5-4-8-19(20)24(33)28(36-26)35-17(2)42/h4-5,8-9,13,16,18H,6-7,10-12,14-15H2,1-3H3,(H,43,44)(H,35,36,42)/t16-,18-/m0/s1. The van der Waals surface area contributed by atoms with E-state index in [0.717, 1.165) is 19.4 Å². The summed E-state index contributed by atoms with van der Waals surface area (Å²) in [6, 6.07) is 7.76. The Morgan fingerprint density at radius 3 is 2.51 bits per heavy atom. The number of piperazine rings is 1. The predicted octanol–water partition coefficient (Wildman–Crippen LogP) is 5.40. The van der Waals surface area contributed by atoms with E-state index in [2.05, 4.69) is 20.2 Å². The minimum absolute atomic E-state index is 0.0267. The first-order chi connectivity index (χ1) is 21.5. The fourth-order valence-electron chi connectivity index (χ4n) is 6.14. The third kappa shape index (κ3) is 5.77. The van der Waals surface area contributed by atoms with Crippen LogP contribution in [0.2, 0.25) is 5.02 Å². The Labute approximate surface area is 262 Å². The smallest absolute Gasteiger partial charge is 0.407 e. The zero-order chi connectivity index (χ0) is 32.0. The lowest BCUT2D eigenvalue weighted by Crippen LogP contribution is -2.53. The number of benzene rings is 2. The van der Waals surface area contributed by atoms with Crippen molar-refractivity contribution in [2.45, 2.75) is 38.8 Å². The van der Waals surface area contributed by atoms with Crippen LogP contribution >= 0.6 is 11.6 Å². The zero-order valence-corrected chi connectivity index (χ0v) is 25.7. The Kier molecular flexibility index (Phi) is 8.31. The van der Waals surface area contributed by atoms with Gasteiger partial charge in [-0.25, -0.2) is 18.6 Å². The van der Waals surface area contributed by atoms with Crippen LogP contribution in [0, 0.1) is 11.6 Å². The number of fused-ring (bicyclic) bond motifs is 2. The summed E-state index contributed by atoms with van der Waals surface area (Å²) >= 11 is 6.80. The Morgan fingerprint density at radius 1 is 1.09 bits per heavy atom. The van der Waals surface area contributed by atoms with Gasteiger partial charge in [-0.15, -0.1) is 0 Å². The quantitative estimate of drug-likeness (QED) is 0.286. The van der Waals surface area contributed by atoms with Crippen molar-refractivity contribution in [1.82, 2.24) is 24.8 Å². The second-order valence-corrected chi connectivity index (χ2v) is 11.9. The van der Waals surface area contributed by atoms with Crippen molar-refractivity contribution in [3.05, 3.63) is 47.0 Å². The van der Waals surface area contributed by atoms with Crippen LogP contribution in [0.3, 0.4) is 0 Å². The molecular weight excluding hydrogens is 608 g/mol. The van der Waals surface area contributed by atoms with E-state index in [9.17, 15) is 14.7 Å². The molecule has 45 heavy (non-hydrogen) atoms. The number of hydrogen-bond donors (Lipinski definition) is 2. The van der Waals surface area contributed by atoms with Gasteiger partial charge in [0.1, 0.15) is 17.9 Å². The maximum atomic E-state index is 16.9. The van der Waals surface area contributed by atoms with Gasteiger partial charge in [-0.3, -0.25) is 4.79 Å². The molecule has 236 valence electrons. The summed E-state index contributed by atoms with van der Waals surface area (Å²) in [7, 11) is 2.01. The highest BCUT2D eigenvalue weighted by Crippen LogP contribution is 2.42. The molecule has 2 saturated heterocycles. The highest BCUT2D eigenvalue weighted by atomic mass is 35.5. The second kappa shape index (κ2) is 12.2. The number of anilines is 2. The summed E-state index contributed by atoms with van der Waals surface area (Å²) < 4.78 is 38.3.